The van der Waals surface area contributed by atoms with Gasteiger partial charge in [0.15, 0.2) is 10.8 Å². The Morgan fingerprint density at radius 1 is 1.38 bits per heavy atom. The second kappa shape index (κ2) is 6.68. The third-order valence-corrected chi connectivity index (χ3v) is 4.06. The molecule has 0 saturated heterocycles. The summed E-state index contributed by atoms with van der Waals surface area (Å²) in [5.41, 5.74) is 1.19. The predicted molar refractivity (Wildman–Crippen MR) is 78.3 cm³/mol. The van der Waals surface area contributed by atoms with Gasteiger partial charge in [-0.3, -0.25) is 0 Å². The molecule has 2 aromatic heterocycles. The minimum atomic E-state index is -3.72. The van der Waals surface area contributed by atoms with Gasteiger partial charge in [0.2, 0.25) is 0 Å². The molecule has 114 valence electrons. The average molecular weight is 310 g/mol. The number of aryl methyl sites for hydroxylation is 1. The molecule has 0 radical (unpaired) electrons. The van der Waals surface area contributed by atoms with Gasteiger partial charge in [-0.05, 0) is 25.5 Å². The molecule has 0 bridgehead atoms. The summed E-state index contributed by atoms with van der Waals surface area (Å²) in [5, 5.41) is 6.75. The molecule has 0 spiro atoms. The van der Waals surface area contributed by atoms with E-state index in [1.165, 1.54) is 6.20 Å². The number of hydrogen-bond donors (Lipinski definition) is 2. The summed E-state index contributed by atoms with van der Waals surface area (Å²) >= 11 is 0. The van der Waals surface area contributed by atoms with Crippen molar-refractivity contribution in [2.24, 2.45) is 0 Å². The highest BCUT2D eigenvalue weighted by atomic mass is 32.2. The van der Waals surface area contributed by atoms with Gasteiger partial charge < -0.3 is 9.84 Å². The van der Waals surface area contributed by atoms with Crippen LogP contribution in [-0.2, 0) is 16.6 Å². The van der Waals surface area contributed by atoms with E-state index in [1.54, 1.807) is 25.1 Å². The molecule has 21 heavy (non-hydrogen) atoms. The zero-order chi connectivity index (χ0) is 15.3. The number of anilines is 1. The molecular weight excluding hydrogens is 292 g/mol. The molecule has 2 N–H and O–H groups in total. The monoisotopic (exact) mass is 310 g/mol. The maximum Gasteiger partial charge on any atom is 0.260 e. The lowest BCUT2D eigenvalue weighted by Crippen LogP contribution is -2.25. The molecular formula is C13H18N4O3S. The average Bonchev–Trinajstić information content (AvgIpc) is 2.89. The fourth-order valence-corrected chi connectivity index (χ4v) is 2.83. The second-order valence-corrected chi connectivity index (χ2v) is 6.22. The Bertz CT molecular complexity index is 697. The van der Waals surface area contributed by atoms with Gasteiger partial charge in [-0.1, -0.05) is 12.1 Å². The molecule has 7 nitrogen and oxygen atoms in total. The van der Waals surface area contributed by atoms with Gasteiger partial charge in [0.25, 0.3) is 10.0 Å². The first-order chi connectivity index (χ1) is 10.0. The van der Waals surface area contributed by atoms with Crippen molar-refractivity contribution in [1.29, 1.82) is 0 Å². The van der Waals surface area contributed by atoms with Crippen LogP contribution in [0.4, 0.5) is 5.69 Å². The maximum atomic E-state index is 12.3. The van der Waals surface area contributed by atoms with E-state index < -0.39 is 10.0 Å². The molecule has 8 heteroatoms. The van der Waals surface area contributed by atoms with E-state index in [2.05, 4.69) is 20.2 Å². The summed E-state index contributed by atoms with van der Waals surface area (Å²) in [6.45, 7) is 4.48. The molecule has 2 rings (SSSR count). The Balaban J connectivity index is 2.15. The second-order valence-electron chi connectivity index (χ2n) is 4.54. The lowest BCUT2D eigenvalue weighted by atomic mass is 10.4. The molecule has 0 amide bonds. The topological polar surface area (TPSA) is 97.1 Å². The molecule has 0 unspecified atom stereocenters. The van der Waals surface area contributed by atoms with Gasteiger partial charge in [0, 0.05) is 18.8 Å². The number of pyridine rings is 1. The Morgan fingerprint density at radius 2 is 2.19 bits per heavy atom. The van der Waals surface area contributed by atoms with Gasteiger partial charge in [0.05, 0.1) is 17.9 Å². The van der Waals surface area contributed by atoms with Crippen molar-refractivity contribution in [3.63, 3.8) is 0 Å². The van der Waals surface area contributed by atoms with Crippen LogP contribution in [0.5, 0.6) is 0 Å². The Kier molecular flexibility index (Phi) is 4.92. The summed E-state index contributed by atoms with van der Waals surface area (Å²) in [6.07, 6.45) is 2.34. The predicted octanol–water partition coefficient (Wildman–Crippen LogP) is 1.68. The molecule has 0 aromatic carbocycles. The molecule has 0 saturated carbocycles. The van der Waals surface area contributed by atoms with Crippen LogP contribution in [0, 0.1) is 6.92 Å². The number of hydrogen-bond acceptors (Lipinski definition) is 6. The highest BCUT2D eigenvalue weighted by Crippen LogP contribution is 2.18. The summed E-state index contributed by atoms with van der Waals surface area (Å²) in [4.78, 5) is 3.96. The number of sulfonamides is 1. The summed E-state index contributed by atoms with van der Waals surface area (Å²) < 4.78 is 32.1. The van der Waals surface area contributed by atoms with Crippen LogP contribution < -0.4 is 10.0 Å². The number of rotatable bonds is 7. The highest BCUT2D eigenvalue weighted by Gasteiger charge is 2.20. The third-order valence-electron chi connectivity index (χ3n) is 2.70. The van der Waals surface area contributed by atoms with E-state index in [4.69, 9.17) is 4.52 Å². The van der Waals surface area contributed by atoms with E-state index in [-0.39, 0.29) is 11.6 Å². The SMILES string of the molecule is CCCNc1cccnc1S(=O)(=O)NCc1cc(C)no1. The van der Waals surface area contributed by atoms with Crippen LogP contribution in [-0.4, -0.2) is 25.1 Å². The number of nitrogens with zero attached hydrogens (tertiary/aromatic N) is 2. The lowest BCUT2D eigenvalue weighted by Gasteiger charge is -2.11. The first kappa shape index (κ1) is 15.5. The summed E-state index contributed by atoms with van der Waals surface area (Å²) in [5.74, 6) is 0.454. The van der Waals surface area contributed by atoms with Crippen molar-refractivity contribution < 1.29 is 12.9 Å². The van der Waals surface area contributed by atoms with E-state index in [1.807, 2.05) is 6.92 Å². The minimum Gasteiger partial charge on any atom is -0.383 e. The largest absolute Gasteiger partial charge is 0.383 e. The molecule has 0 aliphatic carbocycles. The summed E-state index contributed by atoms with van der Waals surface area (Å²) in [6, 6.07) is 5.06. The third kappa shape index (κ3) is 4.02. The molecule has 0 aliphatic rings. The van der Waals surface area contributed by atoms with E-state index in [9.17, 15) is 8.42 Å². The van der Waals surface area contributed by atoms with Gasteiger partial charge >= 0.3 is 0 Å². The maximum absolute atomic E-state index is 12.3. The van der Waals surface area contributed by atoms with E-state index in [0.717, 1.165) is 6.42 Å². The standard InChI is InChI=1S/C13H18N4O3S/c1-3-6-14-12-5-4-7-15-13(12)21(18,19)16-9-11-8-10(2)17-20-11/h4-5,7-8,14,16H,3,6,9H2,1-2H3. The number of nitrogens with one attached hydrogen (secondary N) is 2. The van der Waals surface area contributed by atoms with Crippen molar-refractivity contribution in [3.8, 4) is 0 Å². The molecule has 0 aliphatic heterocycles. The van der Waals surface area contributed by atoms with Crippen molar-refractivity contribution in [3.05, 3.63) is 35.9 Å². The van der Waals surface area contributed by atoms with E-state index in [0.29, 0.717) is 23.7 Å². The van der Waals surface area contributed by atoms with Gasteiger partial charge in [-0.2, -0.15) is 0 Å². The smallest absolute Gasteiger partial charge is 0.260 e. The Hall–Kier alpha value is -1.93. The zero-order valence-electron chi connectivity index (χ0n) is 12.0. The van der Waals surface area contributed by atoms with Crippen LogP contribution in [0.2, 0.25) is 0 Å². The quantitative estimate of drug-likeness (QED) is 0.807. The zero-order valence-corrected chi connectivity index (χ0v) is 12.8. The minimum absolute atomic E-state index is 0.0188. The highest BCUT2D eigenvalue weighted by molar-refractivity contribution is 7.89. The van der Waals surface area contributed by atoms with Crippen molar-refractivity contribution in [2.45, 2.75) is 31.8 Å². The molecule has 2 heterocycles. The van der Waals surface area contributed by atoms with E-state index >= 15 is 0 Å². The lowest BCUT2D eigenvalue weighted by molar-refractivity contribution is 0.377. The van der Waals surface area contributed by atoms with Crippen molar-refractivity contribution in [2.75, 3.05) is 11.9 Å². The van der Waals surface area contributed by atoms with Crippen molar-refractivity contribution >= 4 is 15.7 Å². The van der Waals surface area contributed by atoms with Crippen LogP contribution >= 0.6 is 0 Å². The van der Waals surface area contributed by atoms with Gasteiger partial charge in [-0.25, -0.2) is 18.1 Å². The van der Waals surface area contributed by atoms with Crippen molar-refractivity contribution in [1.82, 2.24) is 14.9 Å². The fraction of sp³-hybridized carbons (Fsp3) is 0.385. The van der Waals surface area contributed by atoms with Gasteiger partial charge in [0.1, 0.15) is 0 Å². The molecule has 0 fully saturated rings. The number of aromatic nitrogens is 2. The van der Waals surface area contributed by atoms with Crippen LogP contribution in [0.1, 0.15) is 24.8 Å². The summed E-state index contributed by atoms with van der Waals surface area (Å²) in [7, 11) is -3.72. The van der Waals surface area contributed by atoms with Gasteiger partial charge in [-0.15, -0.1) is 0 Å². The first-order valence-corrected chi connectivity index (χ1v) is 8.12. The normalized spacial score (nSPS) is 11.5. The van der Waals surface area contributed by atoms with Crippen LogP contribution in [0.15, 0.2) is 33.9 Å². The molecule has 0 atom stereocenters. The van der Waals surface area contributed by atoms with Crippen LogP contribution in [0.25, 0.3) is 0 Å². The Labute approximate surface area is 123 Å². The first-order valence-electron chi connectivity index (χ1n) is 6.63. The Morgan fingerprint density at radius 3 is 2.86 bits per heavy atom. The fourth-order valence-electron chi connectivity index (χ4n) is 1.73. The molecule has 2 aromatic rings. The van der Waals surface area contributed by atoms with Crippen LogP contribution in [0.3, 0.4) is 0 Å².